The van der Waals surface area contributed by atoms with Gasteiger partial charge in [-0.05, 0) is 29.8 Å². The number of hydrogen-bond acceptors (Lipinski definition) is 7. The topological polar surface area (TPSA) is 129 Å². The molecule has 6 atom stereocenters. The van der Waals surface area contributed by atoms with E-state index in [9.17, 15) is 25.2 Å². The summed E-state index contributed by atoms with van der Waals surface area (Å²) >= 11 is 6.01. The number of benzene rings is 1. The molecule has 4 N–H and O–H groups in total. The van der Waals surface area contributed by atoms with Crippen molar-refractivity contribution in [2.45, 2.75) is 36.7 Å². The Balaban J connectivity index is 1.73. The molecule has 174 valence electrons. The van der Waals surface area contributed by atoms with Crippen LogP contribution in [0.2, 0.25) is 5.02 Å². The van der Waals surface area contributed by atoms with Gasteiger partial charge in [0.15, 0.2) is 12.2 Å². The van der Waals surface area contributed by atoms with Crippen LogP contribution in [0.25, 0.3) is 0 Å². The number of carbonyl (C=O) groups is 1. The Hall–Kier alpha value is -2.11. The zero-order valence-electron chi connectivity index (χ0n) is 17.8. The molecule has 3 rings (SSSR count). The van der Waals surface area contributed by atoms with Crippen LogP contribution in [0, 0.1) is 0 Å². The summed E-state index contributed by atoms with van der Waals surface area (Å²) in [5.74, 6) is -1.41. The first-order valence-corrected chi connectivity index (χ1v) is 10.5. The zero-order chi connectivity index (χ0) is 23.5. The van der Waals surface area contributed by atoms with E-state index in [2.05, 4.69) is 4.98 Å². The Labute approximate surface area is 191 Å². The van der Waals surface area contributed by atoms with E-state index in [4.69, 9.17) is 21.1 Å². The number of nitrogens with zero attached hydrogens (tertiary/aromatic N) is 2. The third-order valence-electron chi connectivity index (χ3n) is 5.60. The highest BCUT2D eigenvalue weighted by Crippen LogP contribution is 2.28. The summed E-state index contributed by atoms with van der Waals surface area (Å²) in [5, 5.41) is 40.4. The van der Waals surface area contributed by atoms with Crippen LogP contribution < -0.4 is 0 Å². The monoisotopic (exact) mass is 467 g/mol. The number of rotatable bonds is 8. The molecule has 1 aromatic heterocycles. The van der Waals surface area contributed by atoms with Gasteiger partial charge in [0.25, 0.3) is 0 Å². The zero-order valence-corrected chi connectivity index (χ0v) is 18.5. The number of carboxylic acid groups (broad SMARTS) is 1. The van der Waals surface area contributed by atoms with Crippen molar-refractivity contribution in [3.8, 4) is 0 Å². The molecule has 0 spiro atoms. The maximum atomic E-state index is 11.4. The summed E-state index contributed by atoms with van der Waals surface area (Å²) in [4.78, 5) is 15.8. The van der Waals surface area contributed by atoms with Crippen molar-refractivity contribution in [2.24, 2.45) is 0 Å². The van der Waals surface area contributed by atoms with Gasteiger partial charge in [0.2, 0.25) is 6.23 Å². The first-order chi connectivity index (χ1) is 15.1. The van der Waals surface area contributed by atoms with E-state index in [1.807, 2.05) is 30.3 Å². The van der Waals surface area contributed by atoms with Crippen molar-refractivity contribution in [2.75, 3.05) is 27.2 Å². The summed E-state index contributed by atoms with van der Waals surface area (Å²) in [6, 6.07) is 12.8. The van der Waals surface area contributed by atoms with E-state index in [1.165, 1.54) is 0 Å². The molecule has 9 nitrogen and oxygen atoms in total. The number of carboxylic acids is 1. The van der Waals surface area contributed by atoms with E-state index >= 15 is 0 Å². The highest BCUT2D eigenvalue weighted by molar-refractivity contribution is 6.30. The lowest BCUT2D eigenvalue weighted by Crippen LogP contribution is -2.68. The number of halogens is 1. The van der Waals surface area contributed by atoms with Crippen LogP contribution in [0.5, 0.6) is 0 Å². The van der Waals surface area contributed by atoms with Crippen molar-refractivity contribution in [3.05, 3.63) is 64.9 Å². The van der Waals surface area contributed by atoms with E-state index in [0.29, 0.717) is 17.3 Å². The Kier molecular flexibility index (Phi) is 7.84. The Morgan fingerprint density at radius 3 is 2.41 bits per heavy atom. The number of pyridine rings is 1. The molecule has 0 saturated carbocycles. The maximum absolute atomic E-state index is 11.4. The van der Waals surface area contributed by atoms with Gasteiger partial charge < -0.3 is 29.9 Å². The average molecular weight is 468 g/mol. The molecule has 10 heteroatoms. The van der Waals surface area contributed by atoms with Gasteiger partial charge in [-0.25, -0.2) is 4.79 Å². The molecule has 0 radical (unpaired) electrons. The number of quaternary nitrogens is 1. The molecule has 1 aliphatic heterocycles. The smallest absolute Gasteiger partial charge is 0.335 e. The number of ether oxygens (including phenoxy) is 2. The first-order valence-electron chi connectivity index (χ1n) is 10.1. The summed E-state index contributed by atoms with van der Waals surface area (Å²) < 4.78 is 11.6. The van der Waals surface area contributed by atoms with Gasteiger partial charge in [-0.3, -0.25) is 9.47 Å². The van der Waals surface area contributed by atoms with E-state index in [0.717, 1.165) is 5.56 Å². The third kappa shape index (κ3) is 5.44. The number of aliphatic hydroxyl groups is 3. The molecule has 0 bridgehead atoms. The number of likely N-dealkylation sites (N-methyl/N-ethyl adjacent to an activating group) is 1. The van der Waals surface area contributed by atoms with Crippen molar-refractivity contribution >= 4 is 17.6 Å². The minimum absolute atomic E-state index is 0.00964. The second kappa shape index (κ2) is 10.2. The fraction of sp³-hybridized carbons (Fsp3) is 0.455. The summed E-state index contributed by atoms with van der Waals surface area (Å²) in [6.07, 6.45) is -6.37. The van der Waals surface area contributed by atoms with Gasteiger partial charge in [0, 0.05) is 11.2 Å². The normalized spacial score (nSPS) is 27.1. The molecular formula is C22H28ClN2O7+. The molecule has 1 aromatic carbocycles. The van der Waals surface area contributed by atoms with Crippen molar-refractivity contribution in [3.63, 3.8) is 0 Å². The van der Waals surface area contributed by atoms with Gasteiger partial charge in [-0.15, -0.1) is 0 Å². The number of aromatic nitrogens is 1. The lowest BCUT2D eigenvalue weighted by molar-refractivity contribution is -0.944. The minimum Gasteiger partial charge on any atom is -0.479 e. The summed E-state index contributed by atoms with van der Waals surface area (Å²) in [6.45, 7) is 0.521. The van der Waals surface area contributed by atoms with E-state index < -0.39 is 42.7 Å². The number of aliphatic carboxylic acids is 1. The predicted molar refractivity (Wildman–Crippen MR) is 115 cm³/mol. The van der Waals surface area contributed by atoms with Gasteiger partial charge in [-0.2, -0.15) is 0 Å². The quantitative estimate of drug-likeness (QED) is 0.420. The molecule has 0 aliphatic carbocycles. The second-order valence-corrected chi connectivity index (χ2v) is 8.75. The van der Waals surface area contributed by atoms with Crippen LogP contribution in [0.3, 0.4) is 0 Å². The molecule has 1 fully saturated rings. The molecular weight excluding hydrogens is 440 g/mol. The Morgan fingerprint density at radius 2 is 1.81 bits per heavy atom. The fourth-order valence-corrected chi connectivity index (χ4v) is 3.82. The summed E-state index contributed by atoms with van der Waals surface area (Å²) in [7, 11) is 3.44. The molecule has 2 heterocycles. The molecule has 0 amide bonds. The lowest BCUT2D eigenvalue weighted by atomic mass is 9.97. The van der Waals surface area contributed by atoms with Gasteiger partial charge in [0.1, 0.15) is 24.9 Å². The number of hydrogen-bond donors (Lipinski definition) is 4. The van der Waals surface area contributed by atoms with E-state index in [1.54, 1.807) is 32.4 Å². The Bertz CT molecular complexity index is 897. The van der Waals surface area contributed by atoms with Crippen molar-refractivity contribution in [1.29, 1.82) is 0 Å². The van der Waals surface area contributed by atoms with Gasteiger partial charge >= 0.3 is 5.97 Å². The summed E-state index contributed by atoms with van der Waals surface area (Å²) in [5.41, 5.74) is 1.57. The second-order valence-electron chi connectivity index (χ2n) is 8.32. The van der Waals surface area contributed by atoms with Crippen LogP contribution in [0.1, 0.15) is 17.4 Å². The van der Waals surface area contributed by atoms with Crippen LogP contribution in [0.4, 0.5) is 0 Å². The first kappa shape index (κ1) is 24.5. The van der Waals surface area contributed by atoms with Crippen molar-refractivity contribution < 1.29 is 39.2 Å². The molecule has 1 aliphatic rings. The standard InChI is InChI=1S/C22H27ClN2O7/c1-25(2,21-18(28)16(26)17(27)20(32-21)22(29)30)11-12-31-19(15-5-3-4-10-24-15)13-6-8-14(23)9-7-13/h3-10,16-21,26-28H,11-12H2,1-2H3/p+1/t16-,17-,18+,19+,20-,21+/m0/s1. The van der Waals surface area contributed by atoms with E-state index in [-0.39, 0.29) is 11.1 Å². The van der Waals surface area contributed by atoms with Crippen LogP contribution >= 0.6 is 11.6 Å². The highest BCUT2D eigenvalue weighted by Gasteiger charge is 2.52. The maximum Gasteiger partial charge on any atom is 0.335 e. The molecule has 0 unspecified atom stereocenters. The highest BCUT2D eigenvalue weighted by atomic mass is 35.5. The average Bonchev–Trinajstić information content (AvgIpc) is 2.76. The Morgan fingerprint density at radius 1 is 1.12 bits per heavy atom. The fourth-order valence-electron chi connectivity index (χ4n) is 3.70. The third-order valence-corrected chi connectivity index (χ3v) is 5.85. The lowest BCUT2D eigenvalue weighted by Gasteiger charge is -2.46. The largest absolute Gasteiger partial charge is 0.479 e. The van der Waals surface area contributed by atoms with Crippen LogP contribution in [0.15, 0.2) is 48.7 Å². The predicted octanol–water partition coefficient (Wildman–Crippen LogP) is 0.810. The minimum atomic E-state index is -1.73. The van der Waals surface area contributed by atoms with Crippen molar-refractivity contribution in [1.82, 2.24) is 4.98 Å². The van der Waals surface area contributed by atoms with Crippen LogP contribution in [-0.2, 0) is 14.3 Å². The molecule has 1 saturated heterocycles. The van der Waals surface area contributed by atoms with Gasteiger partial charge in [-0.1, -0.05) is 29.8 Å². The van der Waals surface area contributed by atoms with Gasteiger partial charge in [0.05, 0.1) is 26.4 Å². The SMILES string of the molecule is C[N+](C)(CCO[C@H](c1ccc(Cl)cc1)c1ccccn1)[C@@H]1O[C@H](C(=O)O)[C@@H](O)[C@H](O)[C@H]1O. The van der Waals surface area contributed by atoms with Crippen LogP contribution in [-0.4, -0.2) is 93.8 Å². The molecule has 32 heavy (non-hydrogen) atoms. The molecule has 2 aromatic rings. The number of aliphatic hydroxyl groups excluding tert-OH is 3.